The molecule has 0 aliphatic rings. The van der Waals surface area contributed by atoms with Crippen molar-refractivity contribution in [1.29, 1.82) is 0 Å². The molecule has 0 atom stereocenters. The number of ether oxygens (including phenoxy) is 2. The van der Waals surface area contributed by atoms with Crippen LogP contribution in [0.25, 0.3) is 6.08 Å². The Bertz CT molecular complexity index is 652. The van der Waals surface area contributed by atoms with Crippen molar-refractivity contribution in [3.8, 4) is 11.5 Å². The van der Waals surface area contributed by atoms with E-state index in [-0.39, 0.29) is 5.78 Å². The monoisotopic (exact) mass is 296 g/mol. The Morgan fingerprint density at radius 1 is 0.909 bits per heavy atom. The molecule has 0 unspecified atom stereocenters. The molecule has 0 aliphatic carbocycles. The summed E-state index contributed by atoms with van der Waals surface area (Å²) in [7, 11) is 3.27. The lowest BCUT2D eigenvalue weighted by Gasteiger charge is -2.06. The van der Waals surface area contributed by atoms with Crippen molar-refractivity contribution in [2.45, 2.75) is 13.3 Å². The molecule has 0 heterocycles. The van der Waals surface area contributed by atoms with E-state index >= 15 is 0 Å². The van der Waals surface area contributed by atoms with Crippen molar-refractivity contribution >= 4 is 11.9 Å². The Morgan fingerprint density at radius 3 is 1.86 bits per heavy atom. The molecule has 2 aromatic carbocycles. The predicted octanol–water partition coefficient (Wildman–Crippen LogP) is 3.92. The molecule has 22 heavy (non-hydrogen) atoms. The van der Waals surface area contributed by atoms with Crippen molar-refractivity contribution in [2.24, 2.45) is 0 Å². The van der Waals surface area contributed by atoms with Crippen LogP contribution >= 0.6 is 0 Å². The van der Waals surface area contributed by atoms with Crippen LogP contribution in [0.5, 0.6) is 11.5 Å². The van der Waals surface area contributed by atoms with Gasteiger partial charge in [0.05, 0.1) is 14.2 Å². The largest absolute Gasteiger partial charge is 0.497 e. The molecular formula is C19H20O3. The highest BCUT2D eigenvalue weighted by molar-refractivity contribution is 5.98. The second kappa shape index (κ2) is 7.46. The van der Waals surface area contributed by atoms with Gasteiger partial charge in [0.15, 0.2) is 5.78 Å². The summed E-state index contributed by atoms with van der Waals surface area (Å²) >= 11 is 0. The molecule has 0 saturated carbocycles. The molecule has 2 rings (SSSR count). The minimum atomic E-state index is 0.0756. The van der Waals surface area contributed by atoms with Crippen LogP contribution in [0.4, 0.5) is 0 Å². The van der Waals surface area contributed by atoms with Crippen LogP contribution in [0.3, 0.4) is 0 Å². The molecule has 0 bridgehead atoms. The van der Waals surface area contributed by atoms with E-state index in [1.54, 1.807) is 21.1 Å². The quantitative estimate of drug-likeness (QED) is 0.758. The van der Waals surface area contributed by atoms with Crippen LogP contribution in [-0.4, -0.2) is 20.0 Å². The Hall–Kier alpha value is -2.55. The molecule has 114 valence electrons. The Balaban J connectivity index is 2.20. The number of carbonyl (C=O) groups is 1. The number of allylic oxidation sites excluding steroid dienone is 1. The normalized spacial score (nSPS) is 11.1. The summed E-state index contributed by atoms with van der Waals surface area (Å²) in [5, 5.41) is 0. The molecule has 0 radical (unpaired) electrons. The first kappa shape index (κ1) is 15.8. The smallest absolute Gasteiger partial charge is 0.156 e. The van der Waals surface area contributed by atoms with E-state index in [4.69, 9.17) is 9.47 Å². The lowest BCUT2D eigenvalue weighted by Crippen LogP contribution is -2.01. The highest BCUT2D eigenvalue weighted by atomic mass is 16.5. The first-order valence-corrected chi connectivity index (χ1v) is 7.11. The SMILES string of the molecule is COc1ccc(C=C(Cc2ccc(OC)cc2)C(C)=O)cc1. The van der Waals surface area contributed by atoms with Crippen molar-refractivity contribution < 1.29 is 14.3 Å². The summed E-state index contributed by atoms with van der Waals surface area (Å²) in [5.41, 5.74) is 2.84. The van der Waals surface area contributed by atoms with Gasteiger partial charge in [-0.15, -0.1) is 0 Å². The maximum absolute atomic E-state index is 11.9. The summed E-state index contributed by atoms with van der Waals surface area (Å²) in [6.45, 7) is 1.60. The first-order chi connectivity index (χ1) is 10.6. The van der Waals surface area contributed by atoms with Gasteiger partial charge in [0, 0.05) is 6.42 Å². The minimum Gasteiger partial charge on any atom is -0.497 e. The lowest BCUT2D eigenvalue weighted by molar-refractivity contribution is -0.113. The first-order valence-electron chi connectivity index (χ1n) is 7.11. The zero-order valence-electron chi connectivity index (χ0n) is 13.1. The number of methoxy groups -OCH3 is 2. The maximum Gasteiger partial charge on any atom is 0.156 e. The summed E-state index contributed by atoms with van der Waals surface area (Å²) in [6.07, 6.45) is 2.53. The zero-order valence-corrected chi connectivity index (χ0v) is 13.1. The van der Waals surface area contributed by atoms with E-state index in [0.29, 0.717) is 6.42 Å². The van der Waals surface area contributed by atoms with Gasteiger partial charge in [0.2, 0.25) is 0 Å². The molecule has 0 aromatic heterocycles. The van der Waals surface area contributed by atoms with Gasteiger partial charge in [0.1, 0.15) is 11.5 Å². The van der Waals surface area contributed by atoms with Crippen LogP contribution in [0, 0.1) is 0 Å². The highest BCUT2D eigenvalue weighted by Crippen LogP contribution is 2.18. The van der Waals surface area contributed by atoms with Crippen LogP contribution in [0.15, 0.2) is 54.1 Å². The standard InChI is InChI=1S/C19H20O3/c1-14(20)17(12-15-4-8-18(21-2)9-5-15)13-16-6-10-19(22-3)11-7-16/h4-12H,13H2,1-3H3. The van der Waals surface area contributed by atoms with Crippen molar-refractivity contribution in [1.82, 2.24) is 0 Å². The van der Waals surface area contributed by atoms with Crippen LogP contribution in [0.2, 0.25) is 0 Å². The molecule has 0 amide bonds. The Kier molecular flexibility index (Phi) is 5.37. The van der Waals surface area contributed by atoms with Gasteiger partial charge in [0.25, 0.3) is 0 Å². The predicted molar refractivity (Wildman–Crippen MR) is 88.4 cm³/mol. The second-order valence-electron chi connectivity index (χ2n) is 5.02. The molecule has 0 spiro atoms. The number of carbonyl (C=O) groups excluding carboxylic acids is 1. The fourth-order valence-corrected chi connectivity index (χ4v) is 2.14. The van der Waals surface area contributed by atoms with Gasteiger partial charge >= 0.3 is 0 Å². The van der Waals surface area contributed by atoms with Crippen LogP contribution < -0.4 is 9.47 Å². The summed E-state index contributed by atoms with van der Waals surface area (Å²) in [4.78, 5) is 11.9. The van der Waals surface area contributed by atoms with Gasteiger partial charge in [-0.05, 0) is 54.0 Å². The number of hydrogen-bond donors (Lipinski definition) is 0. The third-order valence-electron chi connectivity index (χ3n) is 3.46. The number of rotatable bonds is 6. The molecule has 2 aromatic rings. The number of benzene rings is 2. The maximum atomic E-state index is 11.9. The summed E-state index contributed by atoms with van der Waals surface area (Å²) in [6, 6.07) is 15.4. The average molecular weight is 296 g/mol. The third kappa shape index (κ3) is 4.22. The van der Waals surface area contributed by atoms with Gasteiger partial charge < -0.3 is 9.47 Å². The van der Waals surface area contributed by atoms with E-state index < -0.39 is 0 Å². The number of hydrogen-bond acceptors (Lipinski definition) is 3. The van der Waals surface area contributed by atoms with Crippen LogP contribution in [0.1, 0.15) is 18.1 Å². The summed E-state index contributed by atoms with van der Waals surface area (Å²) in [5.74, 6) is 1.69. The topological polar surface area (TPSA) is 35.5 Å². The van der Waals surface area contributed by atoms with E-state index in [0.717, 1.165) is 28.2 Å². The van der Waals surface area contributed by atoms with Gasteiger partial charge in [-0.25, -0.2) is 0 Å². The molecule has 0 aliphatic heterocycles. The molecular weight excluding hydrogens is 276 g/mol. The van der Waals surface area contributed by atoms with Crippen molar-refractivity contribution in [3.05, 3.63) is 65.2 Å². The van der Waals surface area contributed by atoms with Crippen LogP contribution in [-0.2, 0) is 11.2 Å². The van der Waals surface area contributed by atoms with Gasteiger partial charge in [-0.1, -0.05) is 24.3 Å². The van der Waals surface area contributed by atoms with Crippen molar-refractivity contribution in [3.63, 3.8) is 0 Å². The number of Topliss-reactive ketones (excluding diaryl/α,β-unsaturated/α-hetero) is 1. The fourth-order valence-electron chi connectivity index (χ4n) is 2.14. The third-order valence-corrected chi connectivity index (χ3v) is 3.46. The Labute approximate surface area is 131 Å². The van der Waals surface area contributed by atoms with E-state index in [1.807, 2.05) is 54.6 Å². The van der Waals surface area contributed by atoms with Crippen molar-refractivity contribution in [2.75, 3.05) is 14.2 Å². The fraction of sp³-hybridized carbons (Fsp3) is 0.211. The van der Waals surface area contributed by atoms with Gasteiger partial charge in [-0.2, -0.15) is 0 Å². The summed E-state index contributed by atoms with van der Waals surface area (Å²) < 4.78 is 10.3. The minimum absolute atomic E-state index is 0.0756. The van der Waals surface area contributed by atoms with E-state index in [2.05, 4.69) is 0 Å². The molecule has 3 heteroatoms. The number of ketones is 1. The van der Waals surface area contributed by atoms with E-state index in [9.17, 15) is 4.79 Å². The lowest BCUT2D eigenvalue weighted by atomic mass is 9.99. The molecule has 3 nitrogen and oxygen atoms in total. The van der Waals surface area contributed by atoms with E-state index in [1.165, 1.54) is 0 Å². The second-order valence-corrected chi connectivity index (χ2v) is 5.02. The van der Waals surface area contributed by atoms with Gasteiger partial charge in [-0.3, -0.25) is 4.79 Å². The Morgan fingerprint density at radius 2 is 1.41 bits per heavy atom. The molecule has 0 N–H and O–H groups in total. The molecule has 0 fully saturated rings. The average Bonchev–Trinajstić information content (AvgIpc) is 2.55. The molecule has 0 saturated heterocycles. The highest BCUT2D eigenvalue weighted by Gasteiger charge is 2.06. The zero-order chi connectivity index (χ0) is 15.9.